The lowest BCUT2D eigenvalue weighted by atomic mass is 10.0. The molecule has 3 aromatic heterocycles. The fourth-order valence-electron chi connectivity index (χ4n) is 4.90. The Kier molecular flexibility index (Phi) is 5.41. The molecule has 0 amide bonds. The molecule has 6 aromatic rings. The first-order valence-electron chi connectivity index (χ1n) is 12.7. The summed E-state index contributed by atoms with van der Waals surface area (Å²) in [5.41, 5.74) is 7.86. The summed E-state index contributed by atoms with van der Waals surface area (Å²) in [6.07, 6.45) is 8.09. The van der Waals surface area contributed by atoms with E-state index in [0.717, 1.165) is 44.8 Å². The van der Waals surface area contributed by atoms with Crippen LogP contribution in [0, 0.1) is 0 Å². The zero-order chi connectivity index (χ0) is 25.3. The Labute approximate surface area is 219 Å². The van der Waals surface area contributed by atoms with E-state index in [9.17, 15) is 0 Å². The molecule has 0 aliphatic carbocycles. The first-order chi connectivity index (χ1) is 18.7. The number of fused-ring (bicyclic) bond motifs is 11. The summed E-state index contributed by atoms with van der Waals surface area (Å²) in [6, 6.07) is 37.7. The predicted octanol–water partition coefficient (Wildman–Crippen LogP) is 8.65. The first kappa shape index (κ1) is 22.0. The first-order valence-corrected chi connectivity index (χ1v) is 12.7. The van der Waals surface area contributed by atoms with Gasteiger partial charge < -0.3 is 9.97 Å². The summed E-state index contributed by atoms with van der Waals surface area (Å²) in [7, 11) is 0. The lowest BCUT2D eigenvalue weighted by molar-refractivity contribution is 1.31. The van der Waals surface area contributed by atoms with Crippen molar-refractivity contribution >= 4 is 67.9 Å². The Morgan fingerprint density at radius 2 is 0.711 bits per heavy atom. The highest BCUT2D eigenvalue weighted by Gasteiger charge is 2.01. The molecule has 0 spiro atoms. The van der Waals surface area contributed by atoms with Gasteiger partial charge in [0.2, 0.25) is 0 Å². The van der Waals surface area contributed by atoms with Gasteiger partial charge in [-0.1, -0.05) is 60.7 Å². The van der Waals surface area contributed by atoms with E-state index >= 15 is 0 Å². The van der Waals surface area contributed by atoms with Crippen molar-refractivity contribution in [3.05, 3.63) is 132 Å². The summed E-state index contributed by atoms with van der Waals surface area (Å²) in [4.78, 5) is 16.0. The highest BCUT2D eigenvalue weighted by molar-refractivity contribution is 6.07. The number of aromatic nitrogens is 4. The molecular weight excluding hydrogens is 464 g/mol. The number of H-pyrrole nitrogens is 2. The van der Waals surface area contributed by atoms with Crippen LogP contribution in [0.15, 0.2) is 109 Å². The molecule has 2 aliphatic heterocycles. The van der Waals surface area contributed by atoms with Crippen LogP contribution in [0.25, 0.3) is 67.9 Å². The summed E-state index contributed by atoms with van der Waals surface area (Å²) in [6.45, 7) is 0. The monoisotopic (exact) mass is 488 g/mol. The topological polar surface area (TPSA) is 57.4 Å². The molecule has 0 unspecified atom stereocenters. The fraction of sp³-hybridized carbons (Fsp3) is 0. The molecule has 8 bridgehead atoms. The lowest BCUT2D eigenvalue weighted by Gasteiger charge is -2.02. The molecule has 38 heavy (non-hydrogen) atoms. The van der Waals surface area contributed by atoms with Gasteiger partial charge in [0.1, 0.15) is 0 Å². The van der Waals surface area contributed by atoms with Crippen molar-refractivity contribution in [3.63, 3.8) is 0 Å². The van der Waals surface area contributed by atoms with Crippen LogP contribution in [0.5, 0.6) is 0 Å². The van der Waals surface area contributed by atoms with Crippen LogP contribution in [0.4, 0.5) is 0 Å². The Bertz CT molecular complexity index is 1810. The molecule has 4 heteroatoms. The lowest BCUT2D eigenvalue weighted by Crippen LogP contribution is -1.75. The molecule has 0 radical (unpaired) electrons. The Hall–Kier alpha value is -5.22. The molecule has 5 heterocycles. The minimum Gasteiger partial charge on any atom is -0.355 e. The van der Waals surface area contributed by atoms with E-state index < -0.39 is 0 Å². The molecule has 0 atom stereocenters. The number of rotatable bonds is 0. The van der Waals surface area contributed by atoms with E-state index in [0.29, 0.717) is 0 Å². The van der Waals surface area contributed by atoms with Crippen molar-refractivity contribution in [1.82, 2.24) is 19.9 Å². The zero-order valence-corrected chi connectivity index (χ0v) is 20.6. The van der Waals surface area contributed by atoms with Crippen molar-refractivity contribution in [2.45, 2.75) is 0 Å². The quantitative estimate of drug-likeness (QED) is 0.210. The highest BCUT2D eigenvalue weighted by Crippen LogP contribution is 2.24. The predicted molar refractivity (Wildman–Crippen MR) is 160 cm³/mol. The third-order valence-corrected chi connectivity index (χ3v) is 6.70. The van der Waals surface area contributed by atoms with Gasteiger partial charge in [-0.25, -0.2) is 9.97 Å². The molecule has 8 rings (SSSR count). The van der Waals surface area contributed by atoms with Gasteiger partial charge in [0.25, 0.3) is 0 Å². The number of hydrogen-bond acceptors (Lipinski definition) is 2. The molecule has 3 aromatic carbocycles. The maximum atomic E-state index is 4.63. The third kappa shape index (κ3) is 4.51. The minimum atomic E-state index is 0.939. The van der Waals surface area contributed by atoms with Crippen LogP contribution < -0.4 is 0 Å². The molecule has 0 saturated carbocycles. The van der Waals surface area contributed by atoms with Crippen molar-refractivity contribution in [3.8, 4) is 0 Å². The van der Waals surface area contributed by atoms with Crippen molar-refractivity contribution in [2.24, 2.45) is 0 Å². The van der Waals surface area contributed by atoms with Gasteiger partial charge in [-0.3, -0.25) is 0 Å². The van der Waals surface area contributed by atoms with Crippen LogP contribution in [-0.2, 0) is 0 Å². The number of benzene rings is 3. The number of nitrogens with one attached hydrogen (secondary N) is 2. The van der Waals surface area contributed by atoms with Crippen LogP contribution in [-0.4, -0.2) is 19.9 Å². The molecule has 2 N–H and O–H groups in total. The molecule has 180 valence electrons. The van der Waals surface area contributed by atoms with Crippen LogP contribution >= 0.6 is 0 Å². The smallest absolute Gasteiger partial charge is 0.0658 e. The van der Waals surface area contributed by atoms with E-state index in [4.69, 9.17) is 0 Å². The van der Waals surface area contributed by atoms with E-state index in [1.807, 2.05) is 48.6 Å². The average molecular weight is 489 g/mol. The highest BCUT2D eigenvalue weighted by atomic mass is 14.8. The van der Waals surface area contributed by atoms with Gasteiger partial charge in [0, 0.05) is 22.1 Å². The number of nitrogens with zero attached hydrogens (tertiary/aromatic N) is 2. The van der Waals surface area contributed by atoms with Gasteiger partial charge in [-0.2, -0.15) is 0 Å². The molecule has 0 saturated heterocycles. The van der Waals surface area contributed by atoms with Crippen LogP contribution in [0.2, 0.25) is 0 Å². The fourth-order valence-corrected chi connectivity index (χ4v) is 4.90. The molecule has 0 fully saturated rings. The van der Waals surface area contributed by atoms with Crippen molar-refractivity contribution < 1.29 is 0 Å². The Morgan fingerprint density at radius 1 is 0.368 bits per heavy atom. The van der Waals surface area contributed by atoms with Gasteiger partial charge >= 0.3 is 0 Å². The maximum Gasteiger partial charge on any atom is 0.0658 e. The number of aromatic amines is 2. The van der Waals surface area contributed by atoms with Gasteiger partial charge in [0.15, 0.2) is 0 Å². The van der Waals surface area contributed by atoms with Crippen molar-refractivity contribution in [2.75, 3.05) is 0 Å². The van der Waals surface area contributed by atoms with E-state index in [1.165, 1.54) is 21.5 Å². The third-order valence-electron chi connectivity index (χ3n) is 6.70. The summed E-state index contributed by atoms with van der Waals surface area (Å²) in [5.74, 6) is 0. The van der Waals surface area contributed by atoms with E-state index in [1.54, 1.807) is 0 Å². The standard InChI is InChI=1S/C20H14N4.C14H10/c1-2-14-10-16-5-6-18(23-16)12-20-8-7-19(24-20)11-17-4-3-15(22-17)9-13(1)21-14;1-3-7-13-11(5-1)9-10-12-6-2-4-8-14(12)13/h1-12,21,24H;1-10H. The second kappa shape index (κ2) is 9.34. The van der Waals surface area contributed by atoms with Gasteiger partial charge in [-0.15, -0.1) is 0 Å². The molecule has 2 aliphatic rings. The Morgan fingerprint density at radius 3 is 1.08 bits per heavy atom. The Balaban J connectivity index is 0.000000147. The molecular formula is C34H24N4. The van der Waals surface area contributed by atoms with E-state index in [2.05, 4.69) is 105 Å². The second-order valence-electron chi connectivity index (χ2n) is 9.41. The number of hydrogen-bond donors (Lipinski definition) is 2. The van der Waals surface area contributed by atoms with E-state index in [-0.39, 0.29) is 0 Å². The second-order valence-corrected chi connectivity index (χ2v) is 9.41. The largest absolute Gasteiger partial charge is 0.355 e. The van der Waals surface area contributed by atoms with Crippen LogP contribution in [0.1, 0.15) is 22.8 Å². The zero-order valence-electron chi connectivity index (χ0n) is 20.6. The van der Waals surface area contributed by atoms with Crippen LogP contribution in [0.3, 0.4) is 0 Å². The SMILES string of the molecule is C1=Cc2cc3ccc(cc4nc(cc5ccc(cc1n2)[nH]5)C=C4)[nH]3.c1ccc2c(c1)ccc1ccccc12. The molecule has 4 nitrogen and oxygen atoms in total. The summed E-state index contributed by atoms with van der Waals surface area (Å²) in [5, 5.41) is 5.30. The summed E-state index contributed by atoms with van der Waals surface area (Å²) >= 11 is 0. The van der Waals surface area contributed by atoms with Gasteiger partial charge in [0.05, 0.1) is 22.8 Å². The normalized spacial score (nSPS) is 12.0. The maximum absolute atomic E-state index is 4.63. The average Bonchev–Trinajstić information content (AvgIpc) is 3.76. The van der Waals surface area contributed by atoms with Crippen molar-refractivity contribution in [1.29, 1.82) is 0 Å². The van der Waals surface area contributed by atoms with Gasteiger partial charge in [-0.05, 0) is 94.4 Å². The minimum absolute atomic E-state index is 0.939. The summed E-state index contributed by atoms with van der Waals surface area (Å²) < 4.78 is 0.